The van der Waals surface area contributed by atoms with Crippen molar-refractivity contribution < 1.29 is 9.47 Å². The maximum atomic E-state index is 5.96. The van der Waals surface area contributed by atoms with E-state index in [-0.39, 0.29) is 6.79 Å². The predicted octanol–water partition coefficient (Wildman–Crippen LogP) is 4.94. The fourth-order valence-corrected chi connectivity index (χ4v) is 4.31. The molecular weight excluding hydrogens is 412 g/mol. The molecule has 2 heterocycles. The summed E-state index contributed by atoms with van der Waals surface area (Å²) in [5.41, 5.74) is 2.56. The first-order chi connectivity index (χ1) is 16.2. The van der Waals surface area contributed by atoms with Crippen LogP contribution in [0.15, 0.2) is 42.5 Å². The zero-order chi connectivity index (χ0) is 23.0. The molecule has 1 aliphatic heterocycles. The summed E-state index contributed by atoms with van der Waals surface area (Å²) in [6.45, 7) is 10.0. The van der Waals surface area contributed by atoms with Gasteiger partial charge in [0.25, 0.3) is 0 Å². The molecule has 0 amide bonds. The predicted molar refractivity (Wildman–Crippen MR) is 133 cm³/mol. The summed E-state index contributed by atoms with van der Waals surface area (Å²) in [5, 5.41) is 15.1. The van der Waals surface area contributed by atoms with E-state index in [9.17, 15) is 0 Å². The molecule has 1 atom stereocenters. The van der Waals surface area contributed by atoms with Crippen LogP contribution in [0.3, 0.4) is 0 Å². The van der Waals surface area contributed by atoms with Gasteiger partial charge in [-0.3, -0.25) is 0 Å². The van der Waals surface area contributed by atoms with Crippen LogP contribution in [0, 0.1) is 11.8 Å². The van der Waals surface area contributed by atoms with Crippen LogP contribution in [0.2, 0.25) is 0 Å². The van der Waals surface area contributed by atoms with Crippen molar-refractivity contribution in [2.24, 2.45) is 0 Å². The van der Waals surface area contributed by atoms with E-state index in [0.717, 1.165) is 52.9 Å². The van der Waals surface area contributed by atoms with E-state index in [1.54, 1.807) is 0 Å². The van der Waals surface area contributed by atoms with E-state index >= 15 is 0 Å². The lowest BCUT2D eigenvalue weighted by Gasteiger charge is -2.32. The molecule has 0 saturated carbocycles. The highest BCUT2D eigenvalue weighted by molar-refractivity contribution is 6.01. The molecule has 0 spiro atoms. The third-order valence-corrected chi connectivity index (χ3v) is 5.99. The second kappa shape index (κ2) is 11.1. The van der Waals surface area contributed by atoms with Gasteiger partial charge in [0.2, 0.25) is 0 Å². The number of benzene rings is 2. The number of ether oxygens (including phenoxy) is 2. The monoisotopic (exact) mass is 444 g/mol. The molecule has 1 aliphatic rings. The van der Waals surface area contributed by atoms with Crippen molar-refractivity contribution in [2.75, 3.05) is 38.4 Å². The van der Waals surface area contributed by atoms with Gasteiger partial charge in [-0.25, -0.2) is 0 Å². The number of piperidine rings is 1. The molecule has 0 bridgehead atoms. The number of aromatic nitrogens is 2. The number of anilines is 1. The highest BCUT2D eigenvalue weighted by Crippen LogP contribution is 2.36. The number of fused-ring (bicyclic) bond motifs is 1. The average Bonchev–Trinajstić information content (AvgIpc) is 2.85. The van der Waals surface area contributed by atoms with E-state index in [1.165, 1.54) is 13.0 Å². The quantitative estimate of drug-likeness (QED) is 0.302. The van der Waals surface area contributed by atoms with Gasteiger partial charge in [0.1, 0.15) is 11.4 Å². The average molecular weight is 445 g/mol. The molecule has 3 aromatic rings. The van der Waals surface area contributed by atoms with Gasteiger partial charge in [-0.15, -0.1) is 16.1 Å². The fourth-order valence-electron chi connectivity index (χ4n) is 4.31. The molecule has 6 heteroatoms. The summed E-state index contributed by atoms with van der Waals surface area (Å²) < 4.78 is 11.4. The third-order valence-electron chi connectivity index (χ3n) is 5.99. The summed E-state index contributed by atoms with van der Waals surface area (Å²) in [4.78, 5) is 2.48. The second-order valence-corrected chi connectivity index (χ2v) is 8.16. The number of hydrogen-bond donors (Lipinski definition) is 1. The van der Waals surface area contributed by atoms with E-state index in [1.807, 2.05) is 44.2 Å². The molecule has 1 saturated heterocycles. The Balaban J connectivity index is 1.72. The Morgan fingerprint density at radius 3 is 2.76 bits per heavy atom. The van der Waals surface area contributed by atoms with Crippen molar-refractivity contribution in [2.45, 2.75) is 39.7 Å². The first-order valence-electron chi connectivity index (χ1n) is 11.8. The van der Waals surface area contributed by atoms with Gasteiger partial charge in [-0.05, 0) is 58.0 Å². The standard InChI is InChI=1S/C27H32N4O2/c1-4-10-20-14-15-24(25(17-20)33-19-32-6-3)26-22-12-7-8-13-23(22)27(30-29-26)28-21-11-9-16-31(5-2)18-21/h7-8,12-15,17,21H,5-6,9,11,16,18-19H2,1-3H3,(H,28,30)/t21-/m1/s1. The number of nitrogens with one attached hydrogen (secondary N) is 1. The lowest BCUT2D eigenvalue weighted by atomic mass is 10.0. The van der Waals surface area contributed by atoms with Crippen molar-refractivity contribution in [1.29, 1.82) is 0 Å². The number of likely N-dealkylation sites (tertiary alicyclic amines) is 1. The van der Waals surface area contributed by atoms with Gasteiger partial charge >= 0.3 is 0 Å². The zero-order valence-electron chi connectivity index (χ0n) is 19.7. The fraction of sp³-hybridized carbons (Fsp3) is 0.407. The molecular formula is C27H32N4O2. The molecule has 0 unspecified atom stereocenters. The zero-order valence-corrected chi connectivity index (χ0v) is 19.7. The Hall–Kier alpha value is -3.14. The molecule has 33 heavy (non-hydrogen) atoms. The van der Waals surface area contributed by atoms with Gasteiger partial charge in [0, 0.05) is 41.1 Å². The van der Waals surface area contributed by atoms with Crippen LogP contribution in [0.4, 0.5) is 5.82 Å². The minimum atomic E-state index is 0.174. The highest BCUT2D eigenvalue weighted by atomic mass is 16.7. The SMILES string of the molecule is CC#Cc1ccc(-c2nnc(N[C@@H]3CCCN(CC)C3)c3ccccc23)c(OCOCC)c1. The summed E-state index contributed by atoms with van der Waals surface area (Å²) in [6.07, 6.45) is 2.34. The topological polar surface area (TPSA) is 59.5 Å². The van der Waals surface area contributed by atoms with Crippen LogP contribution in [-0.4, -0.2) is 54.2 Å². The van der Waals surface area contributed by atoms with E-state index in [2.05, 4.69) is 51.3 Å². The molecule has 1 fully saturated rings. The maximum absolute atomic E-state index is 5.96. The molecule has 1 N–H and O–H groups in total. The van der Waals surface area contributed by atoms with Crippen molar-refractivity contribution in [3.63, 3.8) is 0 Å². The Morgan fingerprint density at radius 2 is 1.97 bits per heavy atom. The van der Waals surface area contributed by atoms with Gasteiger partial charge in [-0.2, -0.15) is 0 Å². The Bertz CT molecular complexity index is 1150. The number of nitrogens with zero attached hydrogens (tertiary/aromatic N) is 3. The van der Waals surface area contributed by atoms with E-state index in [4.69, 9.17) is 9.47 Å². The smallest absolute Gasteiger partial charge is 0.189 e. The van der Waals surface area contributed by atoms with Crippen molar-refractivity contribution in [1.82, 2.24) is 15.1 Å². The summed E-state index contributed by atoms with van der Waals surface area (Å²) >= 11 is 0. The highest BCUT2D eigenvalue weighted by Gasteiger charge is 2.21. The molecule has 4 rings (SSSR count). The lowest BCUT2D eigenvalue weighted by Crippen LogP contribution is -2.42. The van der Waals surface area contributed by atoms with Gasteiger partial charge < -0.3 is 19.7 Å². The lowest BCUT2D eigenvalue weighted by molar-refractivity contribution is 0.0227. The normalized spacial score (nSPS) is 16.3. The van der Waals surface area contributed by atoms with Crippen molar-refractivity contribution >= 4 is 16.6 Å². The second-order valence-electron chi connectivity index (χ2n) is 8.16. The summed E-state index contributed by atoms with van der Waals surface area (Å²) in [7, 11) is 0. The van der Waals surface area contributed by atoms with Crippen LogP contribution < -0.4 is 10.1 Å². The first-order valence-corrected chi connectivity index (χ1v) is 11.8. The minimum absolute atomic E-state index is 0.174. The van der Waals surface area contributed by atoms with Crippen molar-refractivity contribution in [3.05, 3.63) is 48.0 Å². The molecule has 1 aromatic heterocycles. The molecule has 172 valence electrons. The molecule has 2 aromatic carbocycles. The van der Waals surface area contributed by atoms with Crippen LogP contribution in [-0.2, 0) is 4.74 Å². The summed E-state index contributed by atoms with van der Waals surface area (Å²) in [5.74, 6) is 7.57. The third kappa shape index (κ3) is 5.44. The first kappa shape index (κ1) is 23.0. The van der Waals surface area contributed by atoms with Gasteiger partial charge in [0.15, 0.2) is 12.6 Å². The van der Waals surface area contributed by atoms with Crippen LogP contribution in [0.25, 0.3) is 22.0 Å². The number of likely N-dealkylation sites (N-methyl/N-ethyl adjacent to an activating group) is 1. The van der Waals surface area contributed by atoms with Crippen LogP contribution in [0.5, 0.6) is 5.75 Å². The van der Waals surface area contributed by atoms with E-state index < -0.39 is 0 Å². The van der Waals surface area contributed by atoms with E-state index in [0.29, 0.717) is 18.4 Å². The Labute approximate surface area is 196 Å². The Morgan fingerprint density at radius 1 is 1.12 bits per heavy atom. The largest absolute Gasteiger partial charge is 0.467 e. The number of rotatable bonds is 8. The molecule has 0 radical (unpaired) electrons. The molecule has 6 nitrogen and oxygen atoms in total. The van der Waals surface area contributed by atoms with Crippen molar-refractivity contribution in [3.8, 4) is 28.8 Å². The Kier molecular flexibility index (Phi) is 7.77. The number of hydrogen-bond acceptors (Lipinski definition) is 6. The molecule has 0 aliphatic carbocycles. The van der Waals surface area contributed by atoms with Gasteiger partial charge in [-0.1, -0.05) is 37.1 Å². The minimum Gasteiger partial charge on any atom is -0.467 e. The maximum Gasteiger partial charge on any atom is 0.189 e. The van der Waals surface area contributed by atoms with Gasteiger partial charge in [0.05, 0.1) is 0 Å². The van der Waals surface area contributed by atoms with Crippen LogP contribution in [0.1, 0.15) is 39.2 Å². The summed E-state index contributed by atoms with van der Waals surface area (Å²) in [6, 6.07) is 14.6. The van der Waals surface area contributed by atoms with Crippen LogP contribution >= 0.6 is 0 Å².